The first-order valence-corrected chi connectivity index (χ1v) is 10.2. The van der Waals surface area contributed by atoms with Crippen molar-refractivity contribution >= 4 is 40.8 Å². The van der Waals surface area contributed by atoms with Crippen molar-refractivity contribution in [2.45, 2.75) is 25.1 Å². The lowest BCUT2D eigenvalue weighted by molar-refractivity contribution is -0.137. The van der Waals surface area contributed by atoms with Crippen LogP contribution < -0.4 is 10.6 Å². The molecule has 1 aromatic carbocycles. The van der Waals surface area contributed by atoms with Crippen LogP contribution in [-0.2, 0) is 11.0 Å². The normalized spacial score (nSPS) is 16.3. The largest absolute Gasteiger partial charge is 0.417 e. The summed E-state index contributed by atoms with van der Waals surface area (Å²) < 4.78 is 37.7. The van der Waals surface area contributed by atoms with Gasteiger partial charge >= 0.3 is 6.18 Å². The Kier molecular flexibility index (Phi) is 7.27. The standard InChI is InChI=1S/C20H19Cl2F3N4O2/c21-13-4-5-15(22)14(10-13)19(31)29-9-1-2-16(29)18(30)27-8-7-26-17-6-3-12(11-28-17)20(23,24)25/h3-6,10-11,16H,1-2,7-9H2,(H,26,28)(H,27,30). The van der Waals surface area contributed by atoms with Gasteiger partial charge in [0.2, 0.25) is 5.91 Å². The number of alkyl halides is 3. The molecule has 0 radical (unpaired) electrons. The van der Waals surface area contributed by atoms with Crippen molar-refractivity contribution in [2.75, 3.05) is 25.0 Å². The quantitative estimate of drug-likeness (QED) is 0.614. The van der Waals surface area contributed by atoms with Crippen LogP contribution in [0.15, 0.2) is 36.5 Å². The first kappa shape index (κ1) is 23.1. The molecule has 1 fully saturated rings. The smallest absolute Gasteiger partial charge is 0.368 e. The molecule has 3 rings (SSSR count). The Labute approximate surface area is 186 Å². The molecule has 31 heavy (non-hydrogen) atoms. The number of carbonyl (C=O) groups excluding carboxylic acids is 2. The second-order valence-electron chi connectivity index (χ2n) is 6.93. The number of nitrogens with one attached hydrogen (secondary N) is 2. The molecule has 2 amide bonds. The molecule has 2 aromatic rings. The number of halogens is 5. The lowest BCUT2D eigenvalue weighted by atomic mass is 10.1. The second-order valence-corrected chi connectivity index (χ2v) is 7.77. The highest BCUT2D eigenvalue weighted by molar-refractivity contribution is 6.35. The van der Waals surface area contributed by atoms with Gasteiger partial charge < -0.3 is 15.5 Å². The van der Waals surface area contributed by atoms with Crippen LogP contribution in [0.3, 0.4) is 0 Å². The number of anilines is 1. The molecule has 1 aliphatic rings. The summed E-state index contributed by atoms with van der Waals surface area (Å²) >= 11 is 12.1. The van der Waals surface area contributed by atoms with Gasteiger partial charge in [0.15, 0.2) is 0 Å². The molecule has 0 spiro atoms. The van der Waals surface area contributed by atoms with Crippen molar-refractivity contribution in [1.29, 1.82) is 0 Å². The first-order chi connectivity index (χ1) is 14.7. The van der Waals surface area contributed by atoms with E-state index in [1.165, 1.54) is 23.1 Å². The molecular formula is C20H19Cl2F3N4O2. The molecule has 1 unspecified atom stereocenters. The number of rotatable bonds is 6. The summed E-state index contributed by atoms with van der Waals surface area (Å²) in [6.45, 7) is 0.885. The fourth-order valence-electron chi connectivity index (χ4n) is 3.26. The Bertz CT molecular complexity index is 954. The minimum absolute atomic E-state index is 0.206. The van der Waals surface area contributed by atoms with Crippen molar-refractivity contribution in [3.63, 3.8) is 0 Å². The zero-order valence-electron chi connectivity index (χ0n) is 16.2. The number of carbonyl (C=O) groups is 2. The summed E-state index contributed by atoms with van der Waals surface area (Å²) in [5.41, 5.74) is -0.596. The van der Waals surface area contributed by atoms with Gasteiger partial charge in [0, 0.05) is 30.9 Å². The Hall–Kier alpha value is -2.52. The van der Waals surface area contributed by atoms with E-state index in [4.69, 9.17) is 23.2 Å². The number of likely N-dealkylation sites (tertiary alicyclic amines) is 1. The lowest BCUT2D eigenvalue weighted by Crippen LogP contribution is -2.46. The highest BCUT2D eigenvalue weighted by atomic mass is 35.5. The molecule has 0 aliphatic carbocycles. The third-order valence-corrected chi connectivity index (χ3v) is 5.36. The molecule has 1 saturated heterocycles. The predicted octanol–water partition coefficient (Wildman–Crippen LogP) is 4.24. The third-order valence-electron chi connectivity index (χ3n) is 4.80. The fourth-order valence-corrected chi connectivity index (χ4v) is 3.63. The monoisotopic (exact) mass is 474 g/mol. The summed E-state index contributed by atoms with van der Waals surface area (Å²) in [5, 5.41) is 6.20. The molecule has 6 nitrogen and oxygen atoms in total. The predicted molar refractivity (Wildman–Crippen MR) is 111 cm³/mol. The first-order valence-electron chi connectivity index (χ1n) is 9.47. The minimum Gasteiger partial charge on any atom is -0.368 e. The van der Waals surface area contributed by atoms with Gasteiger partial charge in [-0.05, 0) is 43.2 Å². The topological polar surface area (TPSA) is 74.3 Å². The fraction of sp³-hybridized carbons (Fsp3) is 0.350. The van der Waals surface area contributed by atoms with Gasteiger partial charge in [0.1, 0.15) is 11.9 Å². The summed E-state index contributed by atoms with van der Waals surface area (Å²) in [5.74, 6) is -0.418. The maximum Gasteiger partial charge on any atom is 0.417 e. The zero-order chi connectivity index (χ0) is 22.6. The SMILES string of the molecule is O=C(NCCNc1ccc(C(F)(F)F)cn1)C1CCCN1C(=O)c1cc(Cl)ccc1Cl. The summed E-state index contributed by atoms with van der Waals surface area (Å²) in [4.78, 5) is 30.6. The molecule has 1 aromatic heterocycles. The van der Waals surface area contributed by atoms with Gasteiger partial charge in [-0.3, -0.25) is 9.59 Å². The highest BCUT2D eigenvalue weighted by Crippen LogP contribution is 2.29. The Balaban J connectivity index is 1.52. The van der Waals surface area contributed by atoms with Gasteiger partial charge in [-0.25, -0.2) is 4.98 Å². The average Bonchev–Trinajstić information content (AvgIpc) is 3.22. The third kappa shape index (κ3) is 5.80. The van der Waals surface area contributed by atoms with E-state index in [1.807, 2.05) is 0 Å². The molecule has 1 atom stereocenters. The maximum atomic E-state index is 12.9. The molecule has 166 valence electrons. The number of aromatic nitrogens is 1. The highest BCUT2D eigenvalue weighted by Gasteiger charge is 2.35. The van der Waals surface area contributed by atoms with Crippen LogP contribution >= 0.6 is 23.2 Å². The van der Waals surface area contributed by atoms with E-state index in [-0.39, 0.29) is 41.3 Å². The van der Waals surface area contributed by atoms with Crippen molar-refractivity contribution in [2.24, 2.45) is 0 Å². The summed E-state index contributed by atoms with van der Waals surface area (Å²) in [7, 11) is 0. The lowest BCUT2D eigenvalue weighted by Gasteiger charge is -2.24. The van der Waals surface area contributed by atoms with Crippen LogP contribution in [0, 0.1) is 0 Å². The van der Waals surface area contributed by atoms with Crippen molar-refractivity contribution in [3.8, 4) is 0 Å². The molecular weight excluding hydrogens is 456 g/mol. The molecule has 2 N–H and O–H groups in total. The second kappa shape index (κ2) is 9.74. The van der Waals surface area contributed by atoms with Crippen molar-refractivity contribution in [1.82, 2.24) is 15.2 Å². The van der Waals surface area contributed by atoms with E-state index in [9.17, 15) is 22.8 Å². The van der Waals surface area contributed by atoms with Crippen LogP contribution in [-0.4, -0.2) is 47.4 Å². The Morgan fingerprint density at radius 1 is 1.16 bits per heavy atom. The Morgan fingerprint density at radius 2 is 1.94 bits per heavy atom. The van der Waals surface area contributed by atoms with Crippen LogP contribution in [0.25, 0.3) is 0 Å². The molecule has 0 bridgehead atoms. The molecule has 2 heterocycles. The number of amides is 2. The van der Waals surface area contributed by atoms with Crippen LogP contribution in [0.2, 0.25) is 10.0 Å². The van der Waals surface area contributed by atoms with Gasteiger partial charge in [-0.15, -0.1) is 0 Å². The van der Waals surface area contributed by atoms with Crippen LogP contribution in [0.5, 0.6) is 0 Å². The number of hydrogen-bond donors (Lipinski definition) is 2. The summed E-state index contributed by atoms with van der Waals surface area (Å²) in [6, 6.07) is 6.09. The van der Waals surface area contributed by atoms with E-state index in [1.54, 1.807) is 6.07 Å². The van der Waals surface area contributed by atoms with Crippen LogP contribution in [0.1, 0.15) is 28.8 Å². The molecule has 1 aliphatic heterocycles. The van der Waals surface area contributed by atoms with E-state index in [0.717, 1.165) is 12.3 Å². The van der Waals surface area contributed by atoms with Crippen molar-refractivity contribution in [3.05, 3.63) is 57.7 Å². The number of benzene rings is 1. The minimum atomic E-state index is -4.45. The van der Waals surface area contributed by atoms with Crippen LogP contribution in [0.4, 0.5) is 19.0 Å². The van der Waals surface area contributed by atoms with Gasteiger partial charge in [-0.1, -0.05) is 23.2 Å². The summed E-state index contributed by atoms with van der Waals surface area (Å²) in [6.07, 6.45) is -2.51. The van der Waals surface area contributed by atoms with E-state index < -0.39 is 17.8 Å². The van der Waals surface area contributed by atoms with Crippen molar-refractivity contribution < 1.29 is 22.8 Å². The van der Waals surface area contributed by atoms with Gasteiger partial charge in [-0.2, -0.15) is 13.2 Å². The maximum absolute atomic E-state index is 12.9. The Morgan fingerprint density at radius 3 is 2.61 bits per heavy atom. The molecule has 11 heteroatoms. The number of pyridine rings is 1. The van der Waals surface area contributed by atoms with Gasteiger partial charge in [0.05, 0.1) is 16.1 Å². The van der Waals surface area contributed by atoms with E-state index in [0.29, 0.717) is 24.4 Å². The van der Waals surface area contributed by atoms with E-state index >= 15 is 0 Å². The van der Waals surface area contributed by atoms with E-state index in [2.05, 4.69) is 15.6 Å². The zero-order valence-corrected chi connectivity index (χ0v) is 17.7. The average molecular weight is 475 g/mol. The van der Waals surface area contributed by atoms with Gasteiger partial charge in [0.25, 0.3) is 5.91 Å². The number of hydrogen-bond acceptors (Lipinski definition) is 4. The number of nitrogens with zero attached hydrogens (tertiary/aromatic N) is 2. The molecule has 0 saturated carbocycles.